The van der Waals surface area contributed by atoms with Gasteiger partial charge < -0.3 is 15.1 Å². The van der Waals surface area contributed by atoms with E-state index in [9.17, 15) is 14.4 Å². The largest absolute Gasteiger partial charge is 0.344 e. The van der Waals surface area contributed by atoms with E-state index in [-0.39, 0.29) is 23.6 Å². The molecule has 2 aliphatic heterocycles. The summed E-state index contributed by atoms with van der Waals surface area (Å²) in [6, 6.07) is 8.74. The van der Waals surface area contributed by atoms with Crippen molar-refractivity contribution < 1.29 is 14.4 Å². The number of likely N-dealkylation sites (tertiary alicyclic amines) is 2. The van der Waals surface area contributed by atoms with Crippen molar-refractivity contribution in [2.24, 2.45) is 5.92 Å². The predicted molar refractivity (Wildman–Crippen MR) is 103 cm³/mol. The van der Waals surface area contributed by atoms with E-state index in [2.05, 4.69) is 18.0 Å². The van der Waals surface area contributed by atoms with E-state index in [0.717, 1.165) is 5.56 Å². The maximum absolute atomic E-state index is 12.6. The minimum Gasteiger partial charge on any atom is -0.344 e. The van der Waals surface area contributed by atoms with E-state index >= 15 is 0 Å². The first-order valence-electron chi connectivity index (χ1n) is 9.51. The summed E-state index contributed by atoms with van der Waals surface area (Å²) in [6.07, 6.45) is 3.08. The fourth-order valence-electron chi connectivity index (χ4n) is 3.72. The summed E-state index contributed by atoms with van der Waals surface area (Å²) in [6.45, 7) is 5.62. The predicted octanol–water partition coefficient (Wildman–Crippen LogP) is 1.20. The minimum atomic E-state index is -0.487. The number of carbonyl (C=O) groups is 3. The number of hydrogen-bond donors (Lipinski definition) is 1. The Morgan fingerprint density at radius 3 is 2.46 bits per heavy atom. The van der Waals surface area contributed by atoms with Crippen LogP contribution in [0.4, 0.5) is 0 Å². The van der Waals surface area contributed by atoms with Crippen molar-refractivity contribution in [2.45, 2.75) is 31.8 Å². The van der Waals surface area contributed by atoms with Gasteiger partial charge in [0.1, 0.15) is 6.04 Å². The second-order valence-corrected chi connectivity index (χ2v) is 7.22. The lowest BCUT2D eigenvalue weighted by Crippen LogP contribution is -2.47. The van der Waals surface area contributed by atoms with Gasteiger partial charge in [0.2, 0.25) is 17.7 Å². The van der Waals surface area contributed by atoms with E-state index in [0.29, 0.717) is 51.0 Å². The van der Waals surface area contributed by atoms with Gasteiger partial charge in [0, 0.05) is 32.1 Å². The van der Waals surface area contributed by atoms with E-state index in [1.165, 1.54) is 6.08 Å². The Morgan fingerprint density at radius 1 is 1.18 bits per heavy atom. The molecule has 1 aromatic rings. The van der Waals surface area contributed by atoms with Gasteiger partial charge >= 0.3 is 0 Å². The van der Waals surface area contributed by atoms with Crippen LogP contribution in [-0.4, -0.2) is 53.2 Å². The quantitative estimate of drug-likeness (QED) is 0.777. The molecule has 1 aromatic carbocycles. The average molecular weight is 380 g/mol. The number of nitrogens with one attached hydrogen (secondary N) is 1. The van der Waals surface area contributed by atoms with Crippen LogP contribution in [0.5, 0.6) is 0 Å². The van der Waals surface area contributed by atoms with Crippen LogP contribution in [0.3, 0.4) is 0 Å². The van der Waals surface area contributed by atoms with Gasteiger partial charge in [-0.2, -0.15) is 5.26 Å². The van der Waals surface area contributed by atoms with E-state index < -0.39 is 6.04 Å². The van der Waals surface area contributed by atoms with Gasteiger partial charge in [-0.3, -0.25) is 14.4 Å². The number of nitrogens with zero attached hydrogens (tertiary/aromatic N) is 3. The molecular weight excluding hydrogens is 356 g/mol. The molecule has 1 N–H and O–H groups in total. The van der Waals surface area contributed by atoms with Crippen molar-refractivity contribution in [3.8, 4) is 6.07 Å². The zero-order valence-corrected chi connectivity index (χ0v) is 15.8. The Labute approximate surface area is 164 Å². The summed E-state index contributed by atoms with van der Waals surface area (Å²) in [5, 5.41) is 11.8. The molecule has 0 saturated carbocycles. The number of carbonyl (C=O) groups excluding carboxylic acids is 3. The monoisotopic (exact) mass is 380 g/mol. The zero-order chi connectivity index (χ0) is 20.1. The number of rotatable bonds is 5. The van der Waals surface area contributed by atoms with Crippen LogP contribution in [0.2, 0.25) is 0 Å². The molecule has 0 spiro atoms. The van der Waals surface area contributed by atoms with Gasteiger partial charge in [-0.1, -0.05) is 18.7 Å². The maximum Gasteiger partial charge on any atom is 0.245 e. The molecule has 0 radical (unpaired) electrons. The molecule has 2 saturated heterocycles. The van der Waals surface area contributed by atoms with Gasteiger partial charge in [-0.05, 0) is 43.0 Å². The van der Waals surface area contributed by atoms with Gasteiger partial charge in [0.15, 0.2) is 0 Å². The first-order chi connectivity index (χ1) is 13.5. The molecule has 2 aliphatic rings. The Hall–Kier alpha value is -3.14. The highest BCUT2D eigenvalue weighted by molar-refractivity contribution is 5.90. The molecule has 3 amide bonds. The van der Waals surface area contributed by atoms with Gasteiger partial charge in [0.25, 0.3) is 0 Å². The molecule has 28 heavy (non-hydrogen) atoms. The third-order valence-corrected chi connectivity index (χ3v) is 5.42. The average Bonchev–Trinajstić information content (AvgIpc) is 3.07. The summed E-state index contributed by atoms with van der Waals surface area (Å²) in [5.74, 6) is -0.459. The normalized spacial score (nSPS) is 20.0. The topological polar surface area (TPSA) is 93.5 Å². The van der Waals surface area contributed by atoms with Crippen molar-refractivity contribution in [3.05, 3.63) is 48.0 Å². The third kappa shape index (κ3) is 4.39. The number of piperidine rings is 1. The second kappa shape index (κ2) is 8.70. The van der Waals surface area contributed by atoms with E-state index in [1.54, 1.807) is 21.9 Å². The summed E-state index contributed by atoms with van der Waals surface area (Å²) in [7, 11) is 0. The Kier molecular flexibility index (Phi) is 6.09. The molecule has 0 aliphatic carbocycles. The molecule has 3 rings (SSSR count). The molecule has 2 fully saturated rings. The molecular formula is C21H24N4O3. The zero-order valence-electron chi connectivity index (χ0n) is 15.8. The van der Waals surface area contributed by atoms with Crippen molar-refractivity contribution in [2.75, 3.05) is 19.6 Å². The van der Waals surface area contributed by atoms with Gasteiger partial charge in [-0.15, -0.1) is 0 Å². The summed E-state index contributed by atoms with van der Waals surface area (Å²) < 4.78 is 0. The van der Waals surface area contributed by atoms with Crippen LogP contribution >= 0.6 is 0 Å². The highest BCUT2D eigenvalue weighted by atomic mass is 16.2. The molecule has 2 heterocycles. The van der Waals surface area contributed by atoms with Crippen LogP contribution in [0.1, 0.15) is 30.4 Å². The smallest absolute Gasteiger partial charge is 0.245 e. The fraction of sp³-hybridized carbons (Fsp3) is 0.429. The van der Waals surface area contributed by atoms with Crippen LogP contribution in [0, 0.1) is 17.2 Å². The standard InChI is InChI=1S/C21H24N4O3/c1-2-19(26)24-10-7-17(8-11-24)20(27)23-18-9-12-25(21(18)28)14-16-5-3-15(13-22)4-6-16/h2-6,17-18H,1,7-12,14H2,(H,23,27). The molecule has 1 unspecified atom stereocenters. The first kappa shape index (κ1) is 19.6. The number of benzene rings is 1. The summed E-state index contributed by atoms with van der Waals surface area (Å²) in [5.41, 5.74) is 1.54. The van der Waals surface area contributed by atoms with Gasteiger partial charge in [-0.25, -0.2) is 0 Å². The molecule has 7 nitrogen and oxygen atoms in total. The number of nitriles is 1. The van der Waals surface area contributed by atoms with E-state index in [4.69, 9.17) is 5.26 Å². The molecule has 7 heteroatoms. The van der Waals surface area contributed by atoms with Crippen LogP contribution in [0.15, 0.2) is 36.9 Å². The fourth-order valence-corrected chi connectivity index (χ4v) is 3.72. The van der Waals surface area contributed by atoms with Crippen LogP contribution in [0.25, 0.3) is 0 Å². The lowest BCUT2D eigenvalue weighted by Gasteiger charge is -2.31. The van der Waals surface area contributed by atoms with Crippen LogP contribution in [-0.2, 0) is 20.9 Å². The lowest BCUT2D eigenvalue weighted by atomic mass is 9.95. The first-order valence-corrected chi connectivity index (χ1v) is 9.51. The molecule has 0 aromatic heterocycles. The maximum atomic E-state index is 12.6. The van der Waals surface area contributed by atoms with Crippen LogP contribution < -0.4 is 5.32 Å². The minimum absolute atomic E-state index is 0.0722. The SMILES string of the molecule is C=CC(=O)N1CCC(C(=O)NC2CCN(Cc3ccc(C#N)cc3)C2=O)CC1. The van der Waals surface area contributed by atoms with Crippen molar-refractivity contribution in [1.82, 2.24) is 15.1 Å². The Balaban J connectivity index is 1.49. The third-order valence-electron chi connectivity index (χ3n) is 5.42. The summed E-state index contributed by atoms with van der Waals surface area (Å²) >= 11 is 0. The molecule has 146 valence electrons. The highest BCUT2D eigenvalue weighted by Gasteiger charge is 2.35. The Morgan fingerprint density at radius 2 is 1.86 bits per heavy atom. The molecule has 1 atom stereocenters. The second-order valence-electron chi connectivity index (χ2n) is 7.22. The number of amides is 3. The van der Waals surface area contributed by atoms with Crippen molar-refractivity contribution in [1.29, 1.82) is 5.26 Å². The van der Waals surface area contributed by atoms with Crippen molar-refractivity contribution in [3.63, 3.8) is 0 Å². The molecule has 0 bridgehead atoms. The number of hydrogen-bond acceptors (Lipinski definition) is 4. The summed E-state index contributed by atoms with van der Waals surface area (Å²) in [4.78, 5) is 40.2. The van der Waals surface area contributed by atoms with E-state index in [1.807, 2.05) is 12.1 Å². The Bertz CT molecular complexity index is 804. The van der Waals surface area contributed by atoms with Gasteiger partial charge in [0.05, 0.1) is 11.6 Å². The highest BCUT2D eigenvalue weighted by Crippen LogP contribution is 2.20. The van der Waals surface area contributed by atoms with Crippen molar-refractivity contribution >= 4 is 17.7 Å². The lowest BCUT2D eigenvalue weighted by molar-refractivity contribution is -0.135.